The van der Waals surface area contributed by atoms with Gasteiger partial charge in [0.05, 0.1) is 24.3 Å². The monoisotopic (exact) mass is 324 g/mol. The van der Waals surface area contributed by atoms with Gasteiger partial charge in [0.1, 0.15) is 17.9 Å². The van der Waals surface area contributed by atoms with E-state index in [4.69, 9.17) is 4.74 Å². The molecule has 0 bridgehead atoms. The third kappa shape index (κ3) is 1.96. The molecule has 0 saturated heterocycles. The predicted molar refractivity (Wildman–Crippen MR) is 74.7 cm³/mol. The molecule has 0 N–H and O–H groups in total. The molecule has 0 aliphatic carbocycles. The summed E-state index contributed by atoms with van der Waals surface area (Å²) < 4.78 is 5.31. The van der Waals surface area contributed by atoms with Gasteiger partial charge in [-0.1, -0.05) is 18.2 Å². The van der Waals surface area contributed by atoms with Gasteiger partial charge >= 0.3 is 57.0 Å². The van der Waals surface area contributed by atoms with Crippen molar-refractivity contribution < 1.29 is 4.74 Å². The Morgan fingerprint density at radius 2 is 1.26 bits per heavy atom. The van der Waals surface area contributed by atoms with Crippen molar-refractivity contribution >= 4 is 51.4 Å². The first kappa shape index (κ1) is 18.6. The third-order valence-corrected chi connectivity index (χ3v) is 3.63. The summed E-state index contributed by atoms with van der Waals surface area (Å²) in [5, 5.41) is 56.9. The van der Waals surface area contributed by atoms with Crippen LogP contribution in [-0.2, 0) is 5.41 Å². The van der Waals surface area contributed by atoms with E-state index in [9.17, 15) is 31.6 Å². The first-order valence-electron chi connectivity index (χ1n) is 5.83. The number of para-hydroxylation sites is 1. The fourth-order valence-corrected chi connectivity index (χ4v) is 2.47. The van der Waals surface area contributed by atoms with Crippen LogP contribution in [0.1, 0.15) is 5.56 Å². The predicted octanol–water partition coefficient (Wildman–Crippen LogP) is 0.535. The molecule has 0 amide bonds. The first-order chi connectivity index (χ1) is 10.6. The van der Waals surface area contributed by atoms with E-state index in [1.54, 1.807) is 12.1 Å². The molecule has 0 spiro atoms. The number of hydrogen-bond acceptors (Lipinski definition) is 7. The quantitative estimate of drug-likeness (QED) is 0.631. The Morgan fingerprint density at radius 1 is 0.739 bits per heavy atom. The molecule has 23 heavy (non-hydrogen) atoms. The number of nitriles is 6. The second-order valence-electron chi connectivity index (χ2n) is 4.45. The number of hydrogen-bond donors (Lipinski definition) is 0. The van der Waals surface area contributed by atoms with Crippen LogP contribution in [0.2, 0.25) is 0 Å². The molecule has 7 nitrogen and oxygen atoms in total. The minimum absolute atomic E-state index is 0. The number of fused-ring (bicyclic) bond motifs is 1. The van der Waals surface area contributed by atoms with Crippen LogP contribution in [0.4, 0.5) is 0 Å². The summed E-state index contributed by atoms with van der Waals surface area (Å²) in [6.45, 7) is 0. The average Bonchev–Trinajstić information content (AvgIpc) is 2.59. The normalized spacial score (nSPS) is 17.5. The standard InChI is InChI=1S/C15H4N6O.K.H/c16-5-13(6-17)11-3-1-2-4-12(11)22-15(9-20,10-21)14(13,7-18)8-19;;/h1-4H;;. The van der Waals surface area contributed by atoms with E-state index in [1.165, 1.54) is 48.5 Å². The van der Waals surface area contributed by atoms with Crippen LogP contribution in [0, 0.1) is 73.4 Å². The van der Waals surface area contributed by atoms with E-state index < -0.39 is 16.4 Å². The van der Waals surface area contributed by atoms with Gasteiger partial charge in [0.15, 0.2) is 0 Å². The van der Waals surface area contributed by atoms with Gasteiger partial charge in [0, 0.05) is 5.56 Å². The Morgan fingerprint density at radius 3 is 1.70 bits per heavy atom. The van der Waals surface area contributed by atoms with Crippen LogP contribution in [0.3, 0.4) is 0 Å². The van der Waals surface area contributed by atoms with Crippen molar-refractivity contribution in [3.8, 4) is 42.2 Å². The molecule has 8 heteroatoms. The summed E-state index contributed by atoms with van der Waals surface area (Å²) in [5.74, 6) is -0.0603. The molecule has 0 fully saturated rings. The van der Waals surface area contributed by atoms with Crippen molar-refractivity contribution in [2.45, 2.75) is 11.0 Å². The molecular weight excluding hydrogens is 319 g/mol. The molecule has 0 unspecified atom stereocenters. The molecule has 1 aromatic rings. The van der Waals surface area contributed by atoms with E-state index in [0.717, 1.165) is 0 Å². The summed E-state index contributed by atoms with van der Waals surface area (Å²) in [7, 11) is 0. The first-order valence-corrected chi connectivity index (χ1v) is 5.83. The van der Waals surface area contributed by atoms with Crippen molar-refractivity contribution in [3.05, 3.63) is 29.8 Å². The van der Waals surface area contributed by atoms with Gasteiger partial charge in [-0.3, -0.25) is 0 Å². The van der Waals surface area contributed by atoms with Gasteiger partial charge < -0.3 is 4.74 Å². The van der Waals surface area contributed by atoms with Crippen LogP contribution in [0.5, 0.6) is 5.75 Å². The number of ether oxygens (including phenoxy) is 1. The van der Waals surface area contributed by atoms with Gasteiger partial charge in [-0.05, 0) is 6.07 Å². The summed E-state index contributed by atoms with van der Waals surface area (Å²) in [5.41, 5.74) is -7.58. The zero-order valence-electron chi connectivity index (χ0n) is 10.9. The Hall–Kier alpha value is -2.40. The van der Waals surface area contributed by atoms with Crippen LogP contribution < -0.4 is 4.74 Å². The molecule has 1 aromatic carbocycles. The third-order valence-electron chi connectivity index (χ3n) is 3.63. The van der Waals surface area contributed by atoms with E-state index in [2.05, 4.69) is 0 Å². The van der Waals surface area contributed by atoms with Gasteiger partial charge in [-0.2, -0.15) is 31.6 Å². The van der Waals surface area contributed by atoms with E-state index in [-0.39, 0.29) is 62.7 Å². The van der Waals surface area contributed by atoms with Crippen LogP contribution in [0.15, 0.2) is 24.3 Å². The molecule has 1 aliphatic rings. The van der Waals surface area contributed by atoms with Crippen molar-refractivity contribution in [2.24, 2.45) is 5.41 Å². The Bertz CT molecular complexity index is 870. The van der Waals surface area contributed by atoms with Gasteiger partial charge in [-0.15, -0.1) is 0 Å². The molecule has 102 valence electrons. The Balaban J connectivity index is 0.00000264. The second kappa shape index (κ2) is 6.38. The fourth-order valence-electron chi connectivity index (χ4n) is 2.47. The minimum atomic E-state index is -2.62. The van der Waals surface area contributed by atoms with Gasteiger partial charge in [-0.25, -0.2) is 0 Å². The fraction of sp³-hybridized carbons (Fsp3) is 0.200. The van der Waals surface area contributed by atoms with Gasteiger partial charge in [0.2, 0.25) is 10.8 Å². The maximum atomic E-state index is 9.56. The van der Waals surface area contributed by atoms with Crippen molar-refractivity contribution in [1.82, 2.24) is 0 Å². The van der Waals surface area contributed by atoms with Crippen LogP contribution in [-0.4, -0.2) is 57.0 Å². The number of rotatable bonds is 0. The van der Waals surface area contributed by atoms with E-state index in [1.807, 2.05) is 0 Å². The maximum absolute atomic E-state index is 9.56. The van der Waals surface area contributed by atoms with Gasteiger partial charge in [0.25, 0.3) is 0 Å². The molecule has 2 rings (SSSR count). The zero-order valence-corrected chi connectivity index (χ0v) is 10.9. The Labute approximate surface area is 174 Å². The number of nitrogens with zero attached hydrogens (tertiary/aromatic N) is 6. The molecular formula is C15H5KN6O. The molecule has 1 aliphatic heterocycles. The topological polar surface area (TPSA) is 152 Å². The SMILES string of the molecule is N#CC1(C#N)Oc2ccccc2C(C#N)(C#N)C1(C#N)C#N.[KH]. The summed E-state index contributed by atoms with van der Waals surface area (Å²) >= 11 is 0. The zero-order chi connectivity index (χ0) is 16.4. The van der Waals surface area contributed by atoms with Crippen molar-refractivity contribution in [2.75, 3.05) is 0 Å². The van der Waals surface area contributed by atoms with E-state index in [0.29, 0.717) is 0 Å². The molecule has 1 heterocycles. The molecule has 0 atom stereocenters. The second-order valence-corrected chi connectivity index (χ2v) is 4.45. The summed E-state index contributed by atoms with van der Waals surface area (Å²) in [6.07, 6.45) is 0. The molecule has 0 radical (unpaired) electrons. The molecule has 0 saturated carbocycles. The average molecular weight is 324 g/mol. The van der Waals surface area contributed by atoms with Crippen LogP contribution in [0.25, 0.3) is 0 Å². The van der Waals surface area contributed by atoms with Crippen molar-refractivity contribution in [1.29, 1.82) is 31.6 Å². The summed E-state index contributed by atoms with van der Waals surface area (Å²) in [6, 6.07) is 15.1. The van der Waals surface area contributed by atoms with E-state index >= 15 is 0 Å². The number of benzene rings is 1. The van der Waals surface area contributed by atoms with Crippen molar-refractivity contribution in [3.63, 3.8) is 0 Å². The Kier molecular flexibility index (Phi) is 5.17. The summed E-state index contributed by atoms with van der Waals surface area (Å²) in [4.78, 5) is 0. The van der Waals surface area contributed by atoms with Crippen LogP contribution >= 0.6 is 0 Å². The molecule has 0 aromatic heterocycles.